The third-order valence-corrected chi connectivity index (χ3v) is 2.98. The number of methoxy groups -OCH3 is 1. The van der Waals surface area contributed by atoms with Gasteiger partial charge in [-0.1, -0.05) is 12.1 Å². The quantitative estimate of drug-likeness (QED) is 0.501. The van der Waals surface area contributed by atoms with Gasteiger partial charge in [-0.25, -0.2) is 0 Å². The number of hydrogen-bond acceptors (Lipinski definition) is 4. The van der Waals surface area contributed by atoms with Crippen LogP contribution < -0.4 is 5.73 Å². The largest absolute Gasteiger partial charge is 0.389 e. The minimum absolute atomic E-state index is 0.0820. The molecule has 1 aromatic carbocycles. The Morgan fingerprint density at radius 2 is 2.21 bits per heavy atom. The van der Waals surface area contributed by atoms with Crippen molar-refractivity contribution in [2.24, 2.45) is 5.73 Å². The van der Waals surface area contributed by atoms with Gasteiger partial charge in [0.2, 0.25) is 0 Å². The SMILES string of the molecule is COCC(O)CN(C)Cc1ccc(C(=N)N)cc1C. The molecule has 0 aliphatic rings. The smallest absolute Gasteiger partial charge is 0.122 e. The first kappa shape index (κ1) is 15.6. The molecule has 1 unspecified atom stereocenters. The van der Waals surface area contributed by atoms with Gasteiger partial charge < -0.3 is 15.6 Å². The molecule has 0 fully saturated rings. The number of nitrogens with zero attached hydrogens (tertiary/aromatic N) is 1. The first-order valence-electron chi connectivity index (χ1n) is 6.23. The molecule has 5 heteroatoms. The maximum Gasteiger partial charge on any atom is 0.122 e. The molecule has 1 aromatic rings. The molecule has 0 radical (unpaired) electrons. The molecule has 106 valence electrons. The Kier molecular flexibility index (Phi) is 5.95. The van der Waals surface area contributed by atoms with Crippen molar-refractivity contribution in [1.29, 1.82) is 5.41 Å². The molecule has 0 saturated carbocycles. The number of aliphatic hydroxyl groups excluding tert-OH is 1. The van der Waals surface area contributed by atoms with Crippen LogP contribution in [0.3, 0.4) is 0 Å². The lowest BCUT2D eigenvalue weighted by Crippen LogP contribution is -2.31. The van der Waals surface area contributed by atoms with E-state index in [1.54, 1.807) is 7.11 Å². The Morgan fingerprint density at radius 1 is 1.53 bits per heavy atom. The van der Waals surface area contributed by atoms with E-state index in [4.69, 9.17) is 15.9 Å². The zero-order valence-corrected chi connectivity index (χ0v) is 11.8. The van der Waals surface area contributed by atoms with Crippen LogP contribution in [0.2, 0.25) is 0 Å². The molecule has 5 nitrogen and oxygen atoms in total. The van der Waals surface area contributed by atoms with Crippen molar-refractivity contribution in [2.45, 2.75) is 19.6 Å². The maximum atomic E-state index is 9.67. The van der Waals surface area contributed by atoms with Crippen LogP contribution in [-0.4, -0.2) is 49.3 Å². The Labute approximate surface area is 114 Å². The standard InChI is InChI=1S/C14H23N3O2/c1-10-6-11(14(15)16)4-5-12(10)7-17(2)8-13(18)9-19-3/h4-6,13,18H,7-9H2,1-3H3,(H3,15,16). The van der Waals surface area contributed by atoms with E-state index in [1.807, 2.05) is 37.1 Å². The molecule has 1 atom stereocenters. The molecule has 0 aliphatic heterocycles. The van der Waals surface area contributed by atoms with Crippen LogP contribution in [0.15, 0.2) is 18.2 Å². The molecule has 0 heterocycles. The minimum Gasteiger partial charge on any atom is -0.389 e. The highest BCUT2D eigenvalue weighted by molar-refractivity contribution is 5.95. The Balaban J connectivity index is 2.64. The normalized spacial score (nSPS) is 12.7. The van der Waals surface area contributed by atoms with Crippen LogP contribution in [0.4, 0.5) is 0 Å². The predicted molar refractivity (Wildman–Crippen MR) is 76.4 cm³/mol. The highest BCUT2D eigenvalue weighted by Crippen LogP contribution is 2.13. The fraction of sp³-hybridized carbons (Fsp3) is 0.500. The van der Waals surface area contributed by atoms with Crippen molar-refractivity contribution < 1.29 is 9.84 Å². The van der Waals surface area contributed by atoms with Gasteiger partial charge in [0.05, 0.1) is 12.7 Å². The minimum atomic E-state index is -0.480. The van der Waals surface area contributed by atoms with Gasteiger partial charge in [0.25, 0.3) is 0 Å². The molecule has 0 bridgehead atoms. The first-order valence-corrected chi connectivity index (χ1v) is 6.23. The maximum absolute atomic E-state index is 9.67. The summed E-state index contributed by atoms with van der Waals surface area (Å²) in [6.45, 7) is 3.64. The van der Waals surface area contributed by atoms with Crippen molar-refractivity contribution in [3.63, 3.8) is 0 Å². The molecule has 19 heavy (non-hydrogen) atoms. The average molecular weight is 265 g/mol. The Bertz CT molecular complexity index is 435. The summed E-state index contributed by atoms with van der Waals surface area (Å²) < 4.78 is 4.91. The summed E-state index contributed by atoms with van der Waals surface area (Å²) in [5.74, 6) is 0.0820. The number of nitrogens with one attached hydrogen (secondary N) is 1. The zero-order valence-electron chi connectivity index (χ0n) is 11.8. The molecule has 0 spiro atoms. The fourth-order valence-electron chi connectivity index (χ4n) is 2.00. The van der Waals surface area contributed by atoms with Crippen LogP contribution in [0.25, 0.3) is 0 Å². The van der Waals surface area contributed by atoms with Crippen LogP contribution in [0.5, 0.6) is 0 Å². The molecule has 0 aromatic heterocycles. The molecular weight excluding hydrogens is 242 g/mol. The zero-order chi connectivity index (χ0) is 14.4. The Hall–Kier alpha value is -1.43. The van der Waals surface area contributed by atoms with Gasteiger partial charge >= 0.3 is 0 Å². The van der Waals surface area contributed by atoms with Gasteiger partial charge in [-0.05, 0) is 31.2 Å². The summed E-state index contributed by atoms with van der Waals surface area (Å²) in [6.07, 6.45) is -0.480. The van der Waals surface area contributed by atoms with E-state index < -0.39 is 6.10 Å². The number of aryl methyl sites for hydroxylation is 1. The summed E-state index contributed by atoms with van der Waals surface area (Å²) >= 11 is 0. The first-order chi connectivity index (χ1) is 8.93. The monoisotopic (exact) mass is 265 g/mol. The highest BCUT2D eigenvalue weighted by Gasteiger charge is 2.10. The number of benzene rings is 1. The van der Waals surface area contributed by atoms with Gasteiger partial charge in [0.15, 0.2) is 0 Å². The van der Waals surface area contributed by atoms with Gasteiger partial charge in [-0.2, -0.15) is 0 Å². The third kappa shape index (κ3) is 4.98. The second-order valence-electron chi connectivity index (χ2n) is 4.86. The van der Waals surface area contributed by atoms with Crippen LogP contribution in [0.1, 0.15) is 16.7 Å². The second kappa shape index (κ2) is 7.23. The average Bonchev–Trinajstić information content (AvgIpc) is 2.31. The van der Waals surface area contributed by atoms with Gasteiger partial charge in [-0.3, -0.25) is 10.3 Å². The number of rotatable bonds is 7. The van der Waals surface area contributed by atoms with Crippen LogP contribution >= 0.6 is 0 Å². The van der Waals surface area contributed by atoms with E-state index in [9.17, 15) is 5.11 Å². The summed E-state index contributed by atoms with van der Waals surface area (Å²) in [6, 6.07) is 5.74. The van der Waals surface area contributed by atoms with Crippen LogP contribution in [0, 0.1) is 12.3 Å². The van der Waals surface area contributed by atoms with Crippen molar-refractivity contribution in [2.75, 3.05) is 27.3 Å². The second-order valence-corrected chi connectivity index (χ2v) is 4.86. The molecule has 0 amide bonds. The number of aliphatic hydroxyl groups is 1. The number of amidine groups is 1. The summed E-state index contributed by atoms with van der Waals surface area (Å²) in [4.78, 5) is 2.04. The lowest BCUT2D eigenvalue weighted by Gasteiger charge is -2.21. The van der Waals surface area contributed by atoms with Crippen molar-refractivity contribution in [1.82, 2.24) is 4.90 Å². The number of nitrogen functional groups attached to an aromatic ring is 1. The summed E-state index contributed by atoms with van der Waals surface area (Å²) in [5.41, 5.74) is 8.46. The van der Waals surface area contributed by atoms with E-state index in [0.717, 1.165) is 23.2 Å². The highest BCUT2D eigenvalue weighted by atomic mass is 16.5. The lowest BCUT2D eigenvalue weighted by atomic mass is 10.0. The topological polar surface area (TPSA) is 82.6 Å². The van der Waals surface area contributed by atoms with E-state index >= 15 is 0 Å². The molecule has 0 saturated heterocycles. The lowest BCUT2D eigenvalue weighted by molar-refractivity contribution is 0.0418. The Morgan fingerprint density at radius 3 is 2.74 bits per heavy atom. The number of hydrogen-bond donors (Lipinski definition) is 3. The van der Waals surface area contributed by atoms with E-state index in [2.05, 4.69) is 0 Å². The van der Waals surface area contributed by atoms with Crippen molar-refractivity contribution >= 4 is 5.84 Å². The van der Waals surface area contributed by atoms with Crippen molar-refractivity contribution in [3.05, 3.63) is 34.9 Å². The van der Waals surface area contributed by atoms with Crippen molar-refractivity contribution in [3.8, 4) is 0 Å². The van der Waals surface area contributed by atoms with Crippen LogP contribution in [-0.2, 0) is 11.3 Å². The molecular formula is C14H23N3O2. The summed E-state index contributed by atoms with van der Waals surface area (Å²) in [5, 5.41) is 17.1. The third-order valence-electron chi connectivity index (χ3n) is 2.98. The molecule has 1 rings (SSSR count). The van der Waals surface area contributed by atoms with E-state index in [1.165, 1.54) is 0 Å². The van der Waals surface area contributed by atoms with Gasteiger partial charge in [0.1, 0.15) is 5.84 Å². The molecule has 0 aliphatic carbocycles. The van der Waals surface area contributed by atoms with E-state index in [-0.39, 0.29) is 5.84 Å². The molecule has 4 N–H and O–H groups in total. The number of likely N-dealkylation sites (N-methyl/N-ethyl adjacent to an activating group) is 1. The predicted octanol–water partition coefficient (Wildman–Crippen LogP) is 0.718. The fourth-order valence-corrected chi connectivity index (χ4v) is 2.00. The summed E-state index contributed by atoms with van der Waals surface area (Å²) in [7, 11) is 3.53. The number of ether oxygens (including phenoxy) is 1. The number of nitrogens with two attached hydrogens (primary N) is 1. The van der Waals surface area contributed by atoms with Gasteiger partial charge in [-0.15, -0.1) is 0 Å². The van der Waals surface area contributed by atoms with Gasteiger partial charge in [0, 0.05) is 25.8 Å². The van der Waals surface area contributed by atoms with E-state index in [0.29, 0.717) is 13.2 Å².